The lowest BCUT2D eigenvalue weighted by Crippen LogP contribution is -2.28. The Kier molecular flexibility index (Phi) is 1.97. The summed E-state index contributed by atoms with van der Waals surface area (Å²) in [6.07, 6.45) is 3.25. The summed E-state index contributed by atoms with van der Waals surface area (Å²) in [5.74, 6) is 0. The van der Waals surface area contributed by atoms with Crippen molar-refractivity contribution in [3.63, 3.8) is 0 Å². The van der Waals surface area contributed by atoms with Crippen LogP contribution in [0.3, 0.4) is 0 Å². The lowest BCUT2D eigenvalue weighted by Gasteiger charge is -2.17. The van der Waals surface area contributed by atoms with E-state index in [0.29, 0.717) is 5.15 Å². The van der Waals surface area contributed by atoms with Crippen molar-refractivity contribution in [1.82, 2.24) is 15.0 Å². The van der Waals surface area contributed by atoms with Gasteiger partial charge < -0.3 is 10.7 Å². The minimum Gasteiger partial charge on any atom is -0.346 e. The number of aromatic nitrogens is 3. The van der Waals surface area contributed by atoms with E-state index in [1.165, 1.54) is 6.33 Å². The third-order valence-corrected chi connectivity index (χ3v) is 2.40. The molecule has 0 atom stereocenters. The fraction of sp³-hybridized carbons (Fsp3) is 0.333. The first-order valence-electron chi connectivity index (χ1n) is 4.27. The molecule has 0 aliphatic heterocycles. The lowest BCUT2D eigenvalue weighted by molar-refractivity contribution is 0.559. The zero-order chi connectivity index (χ0) is 10.3. The first-order chi connectivity index (χ1) is 6.50. The van der Waals surface area contributed by atoms with Gasteiger partial charge in [0.1, 0.15) is 17.1 Å². The van der Waals surface area contributed by atoms with Crippen LogP contribution < -0.4 is 5.73 Å². The Morgan fingerprint density at radius 2 is 2.14 bits per heavy atom. The minimum atomic E-state index is -0.452. The van der Waals surface area contributed by atoms with Crippen molar-refractivity contribution in [2.45, 2.75) is 19.4 Å². The third kappa shape index (κ3) is 1.36. The summed E-state index contributed by atoms with van der Waals surface area (Å²) in [6.45, 7) is 3.83. The molecule has 3 N–H and O–H groups in total. The average Bonchev–Trinajstić information content (AvgIpc) is 2.47. The molecular formula is C9H11ClN4. The van der Waals surface area contributed by atoms with Gasteiger partial charge in [0.05, 0.1) is 5.39 Å². The minimum absolute atomic E-state index is 0.435. The normalized spacial score (nSPS) is 12.3. The summed E-state index contributed by atoms with van der Waals surface area (Å²) in [5.41, 5.74) is 7.20. The average molecular weight is 211 g/mol. The third-order valence-electron chi connectivity index (χ3n) is 2.12. The van der Waals surface area contributed by atoms with Gasteiger partial charge in [-0.2, -0.15) is 0 Å². The highest BCUT2D eigenvalue weighted by molar-refractivity contribution is 6.34. The topological polar surface area (TPSA) is 67.6 Å². The molecule has 0 spiro atoms. The fourth-order valence-corrected chi connectivity index (χ4v) is 1.67. The van der Waals surface area contributed by atoms with Gasteiger partial charge in [0, 0.05) is 17.3 Å². The molecule has 0 unspecified atom stereocenters. The molecule has 74 valence electrons. The summed E-state index contributed by atoms with van der Waals surface area (Å²) in [7, 11) is 0. The Hall–Kier alpha value is -1.13. The van der Waals surface area contributed by atoms with Crippen molar-refractivity contribution in [1.29, 1.82) is 0 Å². The Labute approximate surface area is 86.5 Å². The van der Waals surface area contributed by atoms with Crippen LogP contribution in [0, 0.1) is 0 Å². The molecule has 0 saturated heterocycles. The molecule has 0 aliphatic rings. The van der Waals surface area contributed by atoms with Crippen LogP contribution in [0.1, 0.15) is 19.4 Å². The van der Waals surface area contributed by atoms with Crippen LogP contribution in [0.15, 0.2) is 12.5 Å². The van der Waals surface area contributed by atoms with Gasteiger partial charge in [0.15, 0.2) is 0 Å². The lowest BCUT2D eigenvalue weighted by atomic mass is 9.96. The van der Waals surface area contributed by atoms with Gasteiger partial charge in [-0.3, -0.25) is 0 Å². The number of hydrogen-bond donors (Lipinski definition) is 2. The van der Waals surface area contributed by atoms with Gasteiger partial charge in [-0.25, -0.2) is 9.97 Å². The molecule has 2 rings (SSSR count). The van der Waals surface area contributed by atoms with E-state index in [1.807, 2.05) is 20.0 Å². The molecule has 14 heavy (non-hydrogen) atoms. The van der Waals surface area contributed by atoms with Crippen LogP contribution in [-0.2, 0) is 5.54 Å². The van der Waals surface area contributed by atoms with E-state index in [2.05, 4.69) is 15.0 Å². The Bertz CT molecular complexity index is 469. The molecule has 2 aromatic heterocycles. The van der Waals surface area contributed by atoms with Crippen molar-refractivity contribution in [2.24, 2.45) is 5.73 Å². The predicted molar refractivity (Wildman–Crippen MR) is 56.1 cm³/mol. The number of hydrogen-bond acceptors (Lipinski definition) is 3. The van der Waals surface area contributed by atoms with Gasteiger partial charge in [-0.1, -0.05) is 11.6 Å². The van der Waals surface area contributed by atoms with E-state index in [4.69, 9.17) is 17.3 Å². The van der Waals surface area contributed by atoms with Crippen molar-refractivity contribution >= 4 is 22.6 Å². The van der Waals surface area contributed by atoms with Gasteiger partial charge in [-0.05, 0) is 13.8 Å². The largest absolute Gasteiger partial charge is 0.346 e. The van der Waals surface area contributed by atoms with Crippen molar-refractivity contribution in [3.05, 3.63) is 23.2 Å². The zero-order valence-corrected chi connectivity index (χ0v) is 8.76. The fourth-order valence-electron chi connectivity index (χ4n) is 1.43. The standard InChI is InChI=1S/C9H11ClN4/c1-9(2,11)5-3-12-8-6(5)7(10)13-4-14-8/h3-4H,11H2,1-2H3,(H,12,13,14). The molecule has 0 amide bonds. The number of fused-ring (bicyclic) bond motifs is 1. The van der Waals surface area contributed by atoms with E-state index < -0.39 is 5.54 Å². The number of nitrogens with zero attached hydrogens (tertiary/aromatic N) is 2. The molecule has 0 fully saturated rings. The monoisotopic (exact) mass is 210 g/mol. The quantitative estimate of drug-likeness (QED) is 0.706. The highest BCUT2D eigenvalue weighted by Crippen LogP contribution is 2.29. The maximum atomic E-state index is 6.00. The smallest absolute Gasteiger partial charge is 0.142 e. The number of H-pyrrole nitrogens is 1. The van der Waals surface area contributed by atoms with E-state index in [1.54, 1.807) is 0 Å². The van der Waals surface area contributed by atoms with Crippen molar-refractivity contribution in [3.8, 4) is 0 Å². The van der Waals surface area contributed by atoms with E-state index in [9.17, 15) is 0 Å². The number of aromatic amines is 1. The van der Waals surface area contributed by atoms with Crippen molar-refractivity contribution < 1.29 is 0 Å². The van der Waals surface area contributed by atoms with Gasteiger partial charge in [-0.15, -0.1) is 0 Å². The maximum Gasteiger partial charge on any atom is 0.142 e. The Morgan fingerprint density at radius 1 is 1.43 bits per heavy atom. The molecule has 0 radical (unpaired) electrons. The summed E-state index contributed by atoms with van der Waals surface area (Å²) in [5, 5.41) is 1.24. The van der Waals surface area contributed by atoms with Crippen LogP contribution in [-0.4, -0.2) is 15.0 Å². The molecule has 0 saturated carbocycles. The number of halogens is 1. The number of rotatable bonds is 1. The molecule has 4 nitrogen and oxygen atoms in total. The predicted octanol–water partition coefficient (Wildman–Crippen LogP) is 1.81. The van der Waals surface area contributed by atoms with Crippen LogP contribution in [0.4, 0.5) is 0 Å². The van der Waals surface area contributed by atoms with E-state index >= 15 is 0 Å². The van der Waals surface area contributed by atoms with Crippen LogP contribution in [0.2, 0.25) is 5.15 Å². The molecular weight excluding hydrogens is 200 g/mol. The SMILES string of the molecule is CC(C)(N)c1c[nH]c2ncnc(Cl)c12. The summed E-state index contributed by atoms with van der Waals surface area (Å²) < 4.78 is 0. The molecule has 0 aliphatic carbocycles. The highest BCUT2D eigenvalue weighted by atomic mass is 35.5. The zero-order valence-electron chi connectivity index (χ0n) is 8.00. The molecule has 2 aromatic rings. The molecule has 2 heterocycles. The van der Waals surface area contributed by atoms with E-state index in [0.717, 1.165) is 16.6 Å². The Morgan fingerprint density at radius 3 is 2.79 bits per heavy atom. The van der Waals surface area contributed by atoms with Crippen LogP contribution in [0.25, 0.3) is 11.0 Å². The van der Waals surface area contributed by atoms with Crippen molar-refractivity contribution in [2.75, 3.05) is 0 Å². The Balaban J connectivity index is 2.80. The molecule has 0 bridgehead atoms. The second kappa shape index (κ2) is 2.93. The maximum absolute atomic E-state index is 6.00. The molecule has 5 heteroatoms. The number of nitrogens with one attached hydrogen (secondary N) is 1. The first kappa shape index (κ1) is 9.43. The van der Waals surface area contributed by atoms with E-state index in [-0.39, 0.29) is 0 Å². The summed E-state index contributed by atoms with van der Waals surface area (Å²) in [6, 6.07) is 0. The second-order valence-electron chi connectivity index (χ2n) is 3.81. The van der Waals surface area contributed by atoms with Gasteiger partial charge >= 0.3 is 0 Å². The second-order valence-corrected chi connectivity index (χ2v) is 4.17. The van der Waals surface area contributed by atoms with Crippen LogP contribution in [0.5, 0.6) is 0 Å². The van der Waals surface area contributed by atoms with Gasteiger partial charge in [0.25, 0.3) is 0 Å². The number of nitrogens with two attached hydrogens (primary N) is 1. The van der Waals surface area contributed by atoms with Gasteiger partial charge in [0.2, 0.25) is 0 Å². The highest BCUT2D eigenvalue weighted by Gasteiger charge is 2.21. The first-order valence-corrected chi connectivity index (χ1v) is 4.65. The summed E-state index contributed by atoms with van der Waals surface area (Å²) in [4.78, 5) is 11.0. The van der Waals surface area contributed by atoms with Crippen LogP contribution >= 0.6 is 11.6 Å². The summed E-state index contributed by atoms with van der Waals surface area (Å²) >= 11 is 5.98. The molecule has 0 aromatic carbocycles.